The number of nitrogens with zero attached hydrogens (tertiary/aromatic N) is 1. The molecular weight excluding hydrogens is 152 g/mol. The van der Waals surface area contributed by atoms with Crippen molar-refractivity contribution in [1.29, 1.82) is 0 Å². The van der Waals surface area contributed by atoms with Gasteiger partial charge in [-0.25, -0.2) is 0 Å². The summed E-state index contributed by atoms with van der Waals surface area (Å²) in [6, 6.07) is 0.717. The van der Waals surface area contributed by atoms with Crippen LogP contribution in [0.3, 0.4) is 0 Å². The first kappa shape index (κ1) is 9.96. The number of hydrogen-bond donors (Lipinski definition) is 1. The van der Waals surface area contributed by atoms with Gasteiger partial charge in [-0.2, -0.15) is 0 Å². The maximum absolute atomic E-state index is 5.04. The Morgan fingerprint density at radius 2 is 2.42 bits per heavy atom. The molecule has 1 saturated heterocycles. The fourth-order valence-electron chi connectivity index (χ4n) is 1.63. The average molecular weight is 172 g/mol. The third kappa shape index (κ3) is 3.09. The number of ether oxygens (including phenoxy) is 1. The van der Waals surface area contributed by atoms with E-state index in [0.717, 1.165) is 19.7 Å². The summed E-state index contributed by atoms with van der Waals surface area (Å²) < 4.78 is 5.04. The Bertz CT molecular complexity index is 113. The highest BCUT2D eigenvalue weighted by Gasteiger charge is 2.16. The molecular formula is C9H20N2O. The zero-order valence-electron chi connectivity index (χ0n) is 8.18. The quantitative estimate of drug-likeness (QED) is 0.661. The molecule has 12 heavy (non-hydrogen) atoms. The lowest BCUT2D eigenvalue weighted by Crippen LogP contribution is -2.45. The van der Waals surface area contributed by atoms with E-state index in [4.69, 9.17) is 4.74 Å². The minimum absolute atomic E-state index is 0.717. The van der Waals surface area contributed by atoms with Crippen molar-refractivity contribution in [3.05, 3.63) is 0 Å². The maximum Gasteiger partial charge on any atom is 0.0589 e. The molecule has 0 aliphatic carbocycles. The largest absolute Gasteiger partial charge is 0.383 e. The van der Waals surface area contributed by atoms with Crippen LogP contribution in [0.25, 0.3) is 0 Å². The van der Waals surface area contributed by atoms with Crippen LogP contribution in [0, 0.1) is 0 Å². The van der Waals surface area contributed by atoms with Crippen LogP contribution in [0.1, 0.15) is 12.8 Å². The fourth-order valence-corrected chi connectivity index (χ4v) is 1.63. The monoisotopic (exact) mass is 172 g/mol. The van der Waals surface area contributed by atoms with Gasteiger partial charge in [0.1, 0.15) is 0 Å². The molecule has 0 saturated carbocycles. The zero-order chi connectivity index (χ0) is 8.81. The van der Waals surface area contributed by atoms with Crippen molar-refractivity contribution in [3.63, 3.8) is 0 Å². The zero-order valence-corrected chi connectivity index (χ0v) is 8.18. The lowest BCUT2D eigenvalue weighted by atomic mass is 10.1. The second-order valence-electron chi connectivity index (χ2n) is 3.47. The molecule has 1 heterocycles. The summed E-state index contributed by atoms with van der Waals surface area (Å²) in [7, 11) is 3.93. The van der Waals surface area contributed by atoms with E-state index in [2.05, 4.69) is 17.3 Å². The maximum atomic E-state index is 5.04. The van der Waals surface area contributed by atoms with Gasteiger partial charge >= 0.3 is 0 Å². The van der Waals surface area contributed by atoms with E-state index in [1.807, 2.05) is 0 Å². The molecule has 0 bridgehead atoms. The van der Waals surface area contributed by atoms with E-state index >= 15 is 0 Å². The molecule has 0 spiro atoms. The minimum atomic E-state index is 0.717. The summed E-state index contributed by atoms with van der Waals surface area (Å²) in [6.45, 7) is 4.21. The fraction of sp³-hybridized carbons (Fsp3) is 1.00. The van der Waals surface area contributed by atoms with Gasteiger partial charge in [-0.15, -0.1) is 0 Å². The van der Waals surface area contributed by atoms with Crippen molar-refractivity contribution in [2.24, 2.45) is 0 Å². The standard InChI is InChI=1S/C9H20N2O/c1-11(6-7-12-2)9-4-3-5-10-8-9/h9-10H,3-8H2,1-2H3. The second kappa shape index (κ2) is 5.51. The van der Waals surface area contributed by atoms with Crippen LogP contribution >= 0.6 is 0 Å². The summed E-state index contributed by atoms with van der Waals surface area (Å²) in [5, 5.41) is 3.41. The molecule has 3 nitrogen and oxygen atoms in total. The number of piperidine rings is 1. The molecule has 1 unspecified atom stereocenters. The van der Waals surface area contributed by atoms with Gasteiger partial charge in [0, 0.05) is 26.2 Å². The summed E-state index contributed by atoms with van der Waals surface area (Å²) in [6.07, 6.45) is 2.63. The van der Waals surface area contributed by atoms with Gasteiger partial charge in [0.15, 0.2) is 0 Å². The number of methoxy groups -OCH3 is 1. The number of likely N-dealkylation sites (N-methyl/N-ethyl adjacent to an activating group) is 1. The molecule has 3 heteroatoms. The van der Waals surface area contributed by atoms with E-state index in [9.17, 15) is 0 Å². The van der Waals surface area contributed by atoms with Gasteiger partial charge in [-0.3, -0.25) is 4.90 Å². The molecule has 1 fully saturated rings. The highest BCUT2D eigenvalue weighted by molar-refractivity contribution is 4.75. The molecule has 0 aromatic heterocycles. The van der Waals surface area contributed by atoms with E-state index < -0.39 is 0 Å². The van der Waals surface area contributed by atoms with Crippen molar-refractivity contribution < 1.29 is 4.74 Å². The van der Waals surface area contributed by atoms with Crippen molar-refractivity contribution in [1.82, 2.24) is 10.2 Å². The topological polar surface area (TPSA) is 24.5 Å². The molecule has 0 radical (unpaired) electrons. The molecule has 1 rings (SSSR count). The van der Waals surface area contributed by atoms with Crippen molar-refractivity contribution in [3.8, 4) is 0 Å². The van der Waals surface area contributed by atoms with Gasteiger partial charge in [-0.1, -0.05) is 0 Å². The van der Waals surface area contributed by atoms with Crippen LogP contribution in [0.2, 0.25) is 0 Å². The highest BCUT2D eigenvalue weighted by Crippen LogP contribution is 2.07. The molecule has 72 valence electrons. The third-order valence-electron chi connectivity index (χ3n) is 2.54. The lowest BCUT2D eigenvalue weighted by molar-refractivity contribution is 0.128. The average Bonchev–Trinajstić information content (AvgIpc) is 2.15. The minimum Gasteiger partial charge on any atom is -0.383 e. The van der Waals surface area contributed by atoms with Gasteiger partial charge < -0.3 is 10.1 Å². The third-order valence-corrected chi connectivity index (χ3v) is 2.54. The van der Waals surface area contributed by atoms with E-state index in [1.165, 1.54) is 19.4 Å². The van der Waals surface area contributed by atoms with Gasteiger partial charge in [0.25, 0.3) is 0 Å². The van der Waals surface area contributed by atoms with Crippen LogP contribution in [0.15, 0.2) is 0 Å². The first-order chi connectivity index (χ1) is 5.84. The smallest absolute Gasteiger partial charge is 0.0589 e. The number of rotatable bonds is 4. The van der Waals surface area contributed by atoms with Crippen LogP contribution in [-0.4, -0.2) is 51.3 Å². The molecule has 1 atom stereocenters. The summed E-state index contributed by atoms with van der Waals surface area (Å²) in [5.41, 5.74) is 0. The Morgan fingerprint density at radius 3 is 3.00 bits per heavy atom. The predicted molar refractivity (Wildman–Crippen MR) is 50.4 cm³/mol. The highest BCUT2D eigenvalue weighted by atomic mass is 16.5. The molecule has 1 N–H and O–H groups in total. The van der Waals surface area contributed by atoms with Crippen LogP contribution in [0.5, 0.6) is 0 Å². The summed E-state index contributed by atoms with van der Waals surface area (Å²) >= 11 is 0. The Kier molecular flexibility index (Phi) is 4.58. The SMILES string of the molecule is COCCN(C)C1CCCNC1. The molecule has 0 aromatic carbocycles. The van der Waals surface area contributed by atoms with E-state index in [0.29, 0.717) is 6.04 Å². The van der Waals surface area contributed by atoms with Crippen LogP contribution in [-0.2, 0) is 4.74 Å². The Morgan fingerprint density at radius 1 is 1.58 bits per heavy atom. The van der Waals surface area contributed by atoms with Crippen molar-refractivity contribution in [2.45, 2.75) is 18.9 Å². The number of nitrogens with one attached hydrogen (secondary N) is 1. The first-order valence-corrected chi connectivity index (χ1v) is 4.74. The number of hydrogen-bond acceptors (Lipinski definition) is 3. The van der Waals surface area contributed by atoms with E-state index in [-0.39, 0.29) is 0 Å². The van der Waals surface area contributed by atoms with Crippen molar-refractivity contribution >= 4 is 0 Å². The van der Waals surface area contributed by atoms with Gasteiger partial charge in [0.05, 0.1) is 6.61 Å². The Hall–Kier alpha value is -0.120. The van der Waals surface area contributed by atoms with Crippen molar-refractivity contribution in [2.75, 3.05) is 40.4 Å². The normalized spacial score (nSPS) is 24.8. The lowest BCUT2D eigenvalue weighted by Gasteiger charge is -2.31. The Balaban J connectivity index is 2.15. The Labute approximate surface area is 75.1 Å². The molecule has 0 amide bonds. The van der Waals surface area contributed by atoms with Crippen LogP contribution < -0.4 is 5.32 Å². The van der Waals surface area contributed by atoms with Gasteiger partial charge in [0.2, 0.25) is 0 Å². The predicted octanol–water partition coefficient (Wildman–Crippen LogP) is 0.317. The molecule has 1 aliphatic heterocycles. The van der Waals surface area contributed by atoms with Crippen LogP contribution in [0.4, 0.5) is 0 Å². The van der Waals surface area contributed by atoms with Gasteiger partial charge in [-0.05, 0) is 26.4 Å². The summed E-state index contributed by atoms with van der Waals surface area (Å²) in [4.78, 5) is 2.38. The first-order valence-electron chi connectivity index (χ1n) is 4.74. The molecule has 1 aliphatic rings. The van der Waals surface area contributed by atoms with E-state index in [1.54, 1.807) is 7.11 Å². The molecule has 0 aromatic rings. The summed E-state index contributed by atoms with van der Waals surface area (Å²) in [5.74, 6) is 0. The second-order valence-corrected chi connectivity index (χ2v) is 3.47.